The Labute approximate surface area is 113 Å². The third kappa shape index (κ3) is 2.75. The third-order valence-corrected chi connectivity index (χ3v) is 5.80. The van der Waals surface area contributed by atoms with Gasteiger partial charge in [-0.15, -0.1) is 0 Å². The fourth-order valence-corrected chi connectivity index (χ4v) is 4.74. The molecule has 0 aromatic carbocycles. The SMILES string of the molecule is CNC1CC2CCC(C1)N2CCCC1CCCC1. The maximum absolute atomic E-state index is 3.50. The Bertz CT molecular complexity index is 246. The minimum atomic E-state index is 0.800. The molecule has 2 atom stereocenters. The lowest BCUT2D eigenvalue weighted by Crippen LogP contribution is -2.48. The second-order valence-corrected chi connectivity index (χ2v) is 6.87. The van der Waals surface area contributed by atoms with Crippen molar-refractivity contribution in [3.05, 3.63) is 0 Å². The molecule has 0 amide bonds. The Morgan fingerprint density at radius 3 is 2.28 bits per heavy atom. The minimum absolute atomic E-state index is 0.800. The summed E-state index contributed by atoms with van der Waals surface area (Å²) in [5.74, 6) is 1.08. The summed E-state index contributed by atoms with van der Waals surface area (Å²) in [6.07, 6.45) is 14.7. The van der Waals surface area contributed by atoms with Gasteiger partial charge in [-0.1, -0.05) is 25.7 Å². The molecule has 18 heavy (non-hydrogen) atoms. The van der Waals surface area contributed by atoms with E-state index in [0.717, 1.165) is 24.0 Å². The Morgan fingerprint density at radius 2 is 1.67 bits per heavy atom. The highest BCUT2D eigenvalue weighted by Crippen LogP contribution is 2.36. The topological polar surface area (TPSA) is 15.3 Å². The number of fused-ring (bicyclic) bond motifs is 2. The van der Waals surface area contributed by atoms with Crippen LogP contribution in [0.25, 0.3) is 0 Å². The van der Waals surface area contributed by atoms with Crippen LogP contribution in [0, 0.1) is 5.92 Å². The van der Waals surface area contributed by atoms with Crippen LogP contribution in [-0.2, 0) is 0 Å². The Morgan fingerprint density at radius 1 is 1.00 bits per heavy atom. The number of hydrogen-bond donors (Lipinski definition) is 1. The van der Waals surface area contributed by atoms with Gasteiger partial charge >= 0.3 is 0 Å². The van der Waals surface area contributed by atoms with Crippen LogP contribution in [0.2, 0.25) is 0 Å². The molecule has 0 aromatic rings. The predicted octanol–water partition coefficient (Wildman–Crippen LogP) is 3.17. The summed E-state index contributed by atoms with van der Waals surface area (Å²) in [5, 5.41) is 3.50. The molecule has 0 spiro atoms. The van der Waals surface area contributed by atoms with Crippen LogP contribution >= 0.6 is 0 Å². The van der Waals surface area contributed by atoms with Crippen molar-refractivity contribution in [1.29, 1.82) is 0 Å². The lowest BCUT2D eigenvalue weighted by Gasteiger charge is -2.39. The molecular formula is C16H30N2. The minimum Gasteiger partial charge on any atom is -0.317 e. The maximum Gasteiger partial charge on any atom is 0.0114 e. The van der Waals surface area contributed by atoms with Crippen molar-refractivity contribution in [3.8, 4) is 0 Å². The largest absolute Gasteiger partial charge is 0.317 e. The number of nitrogens with one attached hydrogen (secondary N) is 1. The van der Waals surface area contributed by atoms with Crippen LogP contribution in [-0.4, -0.2) is 36.6 Å². The Balaban J connectivity index is 1.43. The van der Waals surface area contributed by atoms with E-state index in [1.54, 1.807) is 0 Å². The molecule has 2 saturated heterocycles. The maximum atomic E-state index is 3.50. The van der Waals surface area contributed by atoms with Crippen LogP contribution in [0.4, 0.5) is 0 Å². The van der Waals surface area contributed by atoms with Crippen molar-refractivity contribution in [3.63, 3.8) is 0 Å². The molecule has 1 N–H and O–H groups in total. The summed E-state index contributed by atoms with van der Waals surface area (Å²) in [4.78, 5) is 2.86. The first kappa shape index (κ1) is 12.9. The summed E-state index contributed by atoms with van der Waals surface area (Å²) >= 11 is 0. The van der Waals surface area contributed by atoms with E-state index in [-0.39, 0.29) is 0 Å². The monoisotopic (exact) mass is 250 g/mol. The number of hydrogen-bond acceptors (Lipinski definition) is 2. The van der Waals surface area contributed by atoms with Crippen molar-refractivity contribution in [2.75, 3.05) is 13.6 Å². The zero-order valence-corrected chi connectivity index (χ0v) is 12.0. The molecule has 2 nitrogen and oxygen atoms in total. The molecule has 2 bridgehead atoms. The fourth-order valence-electron chi connectivity index (χ4n) is 4.74. The molecule has 0 aromatic heterocycles. The van der Waals surface area contributed by atoms with Gasteiger partial charge in [-0.25, -0.2) is 0 Å². The van der Waals surface area contributed by atoms with E-state index in [4.69, 9.17) is 0 Å². The molecule has 104 valence electrons. The van der Waals surface area contributed by atoms with Crippen LogP contribution < -0.4 is 5.32 Å². The van der Waals surface area contributed by atoms with Crippen molar-refractivity contribution >= 4 is 0 Å². The first-order valence-electron chi connectivity index (χ1n) is 8.30. The Kier molecular flexibility index (Phi) is 4.25. The van der Waals surface area contributed by atoms with Crippen LogP contribution in [0.5, 0.6) is 0 Å². The third-order valence-electron chi connectivity index (χ3n) is 5.80. The predicted molar refractivity (Wildman–Crippen MR) is 76.8 cm³/mol. The van der Waals surface area contributed by atoms with E-state index in [0.29, 0.717) is 0 Å². The number of piperidine rings is 1. The molecule has 2 unspecified atom stereocenters. The van der Waals surface area contributed by atoms with Crippen LogP contribution in [0.3, 0.4) is 0 Å². The lowest BCUT2D eigenvalue weighted by molar-refractivity contribution is 0.115. The van der Waals surface area contributed by atoms with Crippen molar-refractivity contribution < 1.29 is 0 Å². The molecule has 2 heteroatoms. The van der Waals surface area contributed by atoms with Crippen molar-refractivity contribution in [1.82, 2.24) is 10.2 Å². The molecule has 2 aliphatic heterocycles. The normalized spacial score (nSPS) is 37.5. The van der Waals surface area contributed by atoms with Crippen LogP contribution in [0.1, 0.15) is 64.2 Å². The first-order chi connectivity index (χ1) is 8.86. The molecule has 3 rings (SSSR count). The number of rotatable bonds is 5. The zero-order chi connectivity index (χ0) is 12.4. The van der Waals surface area contributed by atoms with Gasteiger partial charge in [0.15, 0.2) is 0 Å². The standard InChI is InChI=1S/C16H30N2/c1-17-14-11-15-8-9-16(12-14)18(15)10-4-7-13-5-2-3-6-13/h13-17H,2-12H2,1H3. The van der Waals surface area contributed by atoms with E-state index < -0.39 is 0 Å². The van der Waals surface area contributed by atoms with Gasteiger partial charge in [-0.3, -0.25) is 4.90 Å². The van der Waals surface area contributed by atoms with Gasteiger partial charge in [-0.2, -0.15) is 0 Å². The molecule has 0 radical (unpaired) electrons. The highest BCUT2D eigenvalue weighted by Gasteiger charge is 2.39. The van der Waals surface area contributed by atoms with E-state index in [1.807, 2.05) is 0 Å². The Hall–Kier alpha value is -0.0800. The highest BCUT2D eigenvalue weighted by atomic mass is 15.2. The van der Waals surface area contributed by atoms with E-state index >= 15 is 0 Å². The molecule has 1 aliphatic carbocycles. The number of nitrogens with zero attached hydrogens (tertiary/aromatic N) is 1. The lowest BCUT2D eigenvalue weighted by atomic mass is 9.96. The van der Waals surface area contributed by atoms with Gasteiger partial charge in [0, 0.05) is 18.1 Å². The van der Waals surface area contributed by atoms with E-state index in [9.17, 15) is 0 Å². The summed E-state index contributed by atoms with van der Waals surface area (Å²) in [6.45, 7) is 1.39. The summed E-state index contributed by atoms with van der Waals surface area (Å²) < 4.78 is 0. The molecule has 3 aliphatic rings. The molecular weight excluding hydrogens is 220 g/mol. The van der Waals surface area contributed by atoms with Crippen molar-refractivity contribution in [2.24, 2.45) is 5.92 Å². The smallest absolute Gasteiger partial charge is 0.0114 e. The van der Waals surface area contributed by atoms with Gasteiger partial charge in [0.1, 0.15) is 0 Å². The van der Waals surface area contributed by atoms with Crippen LogP contribution in [0.15, 0.2) is 0 Å². The van der Waals surface area contributed by atoms with Gasteiger partial charge in [0.2, 0.25) is 0 Å². The van der Waals surface area contributed by atoms with Gasteiger partial charge < -0.3 is 5.32 Å². The highest BCUT2D eigenvalue weighted by molar-refractivity contribution is 4.97. The van der Waals surface area contributed by atoms with Gasteiger partial charge in [0.25, 0.3) is 0 Å². The summed E-state index contributed by atoms with van der Waals surface area (Å²) in [5.41, 5.74) is 0. The molecule has 2 heterocycles. The van der Waals surface area contributed by atoms with Crippen molar-refractivity contribution in [2.45, 2.75) is 82.3 Å². The van der Waals surface area contributed by atoms with Gasteiger partial charge in [0.05, 0.1) is 0 Å². The van der Waals surface area contributed by atoms with E-state index in [1.165, 1.54) is 70.8 Å². The second kappa shape index (κ2) is 5.92. The first-order valence-corrected chi connectivity index (χ1v) is 8.30. The average molecular weight is 250 g/mol. The quantitative estimate of drug-likeness (QED) is 0.806. The zero-order valence-electron chi connectivity index (χ0n) is 12.0. The second-order valence-electron chi connectivity index (χ2n) is 6.87. The average Bonchev–Trinajstić information content (AvgIpc) is 2.97. The summed E-state index contributed by atoms with van der Waals surface area (Å²) in [6, 6.07) is 2.61. The van der Waals surface area contributed by atoms with E-state index in [2.05, 4.69) is 17.3 Å². The molecule has 3 fully saturated rings. The molecule has 1 saturated carbocycles. The fraction of sp³-hybridized carbons (Fsp3) is 1.00. The summed E-state index contributed by atoms with van der Waals surface area (Å²) in [7, 11) is 2.14. The van der Waals surface area contributed by atoms with Gasteiger partial charge in [-0.05, 0) is 58.0 Å².